The summed E-state index contributed by atoms with van der Waals surface area (Å²) in [6.07, 6.45) is 3.26. The Kier molecular flexibility index (Phi) is 5.85. The predicted molar refractivity (Wildman–Crippen MR) is 91.4 cm³/mol. The molecule has 0 aliphatic heterocycles. The van der Waals surface area contributed by atoms with Crippen LogP contribution in [0.4, 0.5) is 0 Å². The molecular formula is C16H24ClN3S. The number of hydrogen-bond donors (Lipinski definition) is 1. The first-order chi connectivity index (χ1) is 10.0. The molecule has 21 heavy (non-hydrogen) atoms. The SMILES string of the molecule is CCCNC(CCc1c(C)nn(C)c1C)c1ccc(Cl)s1. The molecule has 2 rings (SSSR count). The number of nitrogens with one attached hydrogen (secondary N) is 1. The van der Waals surface area contributed by atoms with Crippen LogP contribution in [-0.2, 0) is 13.5 Å². The molecule has 116 valence electrons. The van der Waals surface area contributed by atoms with E-state index in [-0.39, 0.29) is 0 Å². The number of aromatic nitrogens is 2. The molecule has 2 heterocycles. The highest BCUT2D eigenvalue weighted by Gasteiger charge is 2.16. The van der Waals surface area contributed by atoms with E-state index in [4.69, 9.17) is 11.6 Å². The summed E-state index contributed by atoms with van der Waals surface area (Å²) in [6.45, 7) is 7.47. The van der Waals surface area contributed by atoms with Gasteiger partial charge in [0.25, 0.3) is 0 Å². The van der Waals surface area contributed by atoms with Crippen molar-refractivity contribution in [3.8, 4) is 0 Å². The third-order valence-electron chi connectivity index (χ3n) is 3.92. The standard InChI is InChI=1S/C16H24ClN3S/c1-5-10-18-14(15-8-9-16(17)21-15)7-6-13-11(2)19-20(4)12(13)3/h8-9,14,18H,5-7,10H2,1-4H3. The fourth-order valence-corrected chi connectivity index (χ4v) is 3.82. The number of nitrogens with zero attached hydrogens (tertiary/aromatic N) is 2. The van der Waals surface area contributed by atoms with Crippen molar-refractivity contribution in [3.63, 3.8) is 0 Å². The van der Waals surface area contributed by atoms with Gasteiger partial charge < -0.3 is 5.32 Å². The van der Waals surface area contributed by atoms with Crippen LogP contribution in [0.5, 0.6) is 0 Å². The van der Waals surface area contributed by atoms with Gasteiger partial charge in [-0.3, -0.25) is 4.68 Å². The number of rotatable bonds is 7. The fraction of sp³-hybridized carbons (Fsp3) is 0.562. The average Bonchev–Trinajstić information content (AvgIpc) is 2.97. The molecule has 0 saturated heterocycles. The lowest BCUT2D eigenvalue weighted by atomic mass is 10.0. The molecule has 1 unspecified atom stereocenters. The molecule has 0 spiro atoms. The lowest BCUT2D eigenvalue weighted by Crippen LogP contribution is -2.22. The molecule has 0 aliphatic rings. The van der Waals surface area contributed by atoms with Crippen molar-refractivity contribution < 1.29 is 0 Å². The molecule has 0 saturated carbocycles. The monoisotopic (exact) mass is 325 g/mol. The summed E-state index contributed by atoms with van der Waals surface area (Å²) in [5, 5.41) is 8.14. The van der Waals surface area contributed by atoms with Crippen molar-refractivity contribution in [2.45, 2.75) is 46.1 Å². The zero-order chi connectivity index (χ0) is 15.4. The topological polar surface area (TPSA) is 29.9 Å². The van der Waals surface area contributed by atoms with Gasteiger partial charge in [0.15, 0.2) is 0 Å². The molecule has 0 aromatic carbocycles. The van der Waals surface area contributed by atoms with E-state index in [0.717, 1.165) is 35.8 Å². The van der Waals surface area contributed by atoms with Gasteiger partial charge in [-0.25, -0.2) is 0 Å². The molecule has 3 nitrogen and oxygen atoms in total. The third-order valence-corrected chi connectivity index (χ3v) is 5.26. The van der Waals surface area contributed by atoms with Crippen LogP contribution in [0.2, 0.25) is 4.34 Å². The minimum absolute atomic E-state index is 0.376. The summed E-state index contributed by atoms with van der Waals surface area (Å²) < 4.78 is 2.84. The summed E-state index contributed by atoms with van der Waals surface area (Å²) in [5.74, 6) is 0. The molecule has 0 radical (unpaired) electrons. The van der Waals surface area contributed by atoms with Crippen molar-refractivity contribution in [3.05, 3.63) is 38.3 Å². The van der Waals surface area contributed by atoms with Gasteiger partial charge in [0, 0.05) is 23.7 Å². The van der Waals surface area contributed by atoms with E-state index in [1.54, 1.807) is 11.3 Å². The maximum absolute atomic E-state index is 6.09. The van der Waals surface area contributed by atoms with Crippen LogP contribution < -0.4 is 5.32 Å². The van der Waals surface area contributed by atoms with Gasteiger partial charge in [-0.05, 0) is 57.4 Å². The van der Waals surface area contributed by atoms with Gasteiger partial charge >= 0.3 is 0 Å². The van der Waals surface area contributed by atoms with Crippen molar-refractivity contribution in [2.75, 3.05) is 6.54 Å². The van der Waals surface area contributed by atoms with Gasteiger partial charge in [-0.2, -0.15) is 5.10 Å². The first-order valence-electron chi connectivity index (χ1n) is 7.50. The second-order valence-corrected chi connectivity index (χ2v) is 7.21. The zero-order valence-corrected chi connectivity index (χ0v) is 14.8. The van der Waals surface area contributed by atoms with E-state index in [2.05, 4.69) is 37.3 Å². The minimum Gasteiger partial charge on any atom is -0.309 e. The Morgan fingerprint density at radius 1 is 1.38 bits per heavy atom. The van der Waals surface area contributed by atoms with Crippen LogP contribution in [0.3, 0.4) is 0 Å². The number of hydrogen-bond acceptors (Lipinski definition) is 3. The normalized spacial score (nSPS) is 12.8. The number of thiophene rings is 1. The lowest BCUT2D eigenvalue weighted by Gasteiger charge is -2.17. The molecular weight excluding hydrogens is 302 g/mol. The Bertz CT molecular complexity index is 588. The van der Waals surface area contributed by atoms with Gasteiger partial charge in [0.2, 0.25) is 0 Å². The summed E-state index contributed by atoms with van der Waals surface area (Å²) in [5.41, 5.74) is 3.79. The van der Waals surface area contributed by atoms with Gasteiger partial charge in [-0.1, -0.05) is 18.5 Å². The highest BCUT2D eigenvalue weighted by atomic mass is 35.5. The van der Waals surface area contributed by atoms with Crippen molar-refractivity contribution in [2.24, 2.45) is 7.05 Å². The van der Waals surface area contributed by atoms with E-state index in [0.29, 0.717) is 6.04 Å². The Morgan fingerprint density at radius 3 is 2.67 bits per heavy atom. The molecule has 1 N–H and O–H groups in total. The van der Waals surface area contributed by atoms with Crippen LogP contribution in [0.25, 0.3) is 0 Å². The Balaban J connectivity index is 2.08. The molecule has 1 atom stereocenters. The third kappa shape index (κ3) is 4.09. The number of aryl methyl sites for hydroxylation is 2. The fourth-order valence-electron chi connectivity index (χ4n) is 2.65. The minimum atomic E-state index is 0.376. The van der Waals surface area contributed by atoms with Crippen molar-refractivity contribution >= 4 is 22.9 Å². The average molecular weight is 326 g/mol. The van der Waals surface area contributed by atoms with Gasteiger partial charge in [-0.15, -0.1) is 11.3 Å². The van der Waals surface area contributed by atoms with Crippen LogP contribution in [0.1, 0.15) is 47.6 Å². The Labute approximate surface area is 136 Å². The maximum atomic E-state index is 6.09. The second kappa shape index (κ2) is 7.43. The van der Waals surface area contributed by atoms with Gasteiger partial charge in [0.1, 0.15) is 0 Å². The first kappa shape index (κ1) is 16.5. The number of halogens is 1. The van der Waals surface area contributed by atoms with Gasteiger partial charge in [0.05, 0.1) is 10.0 Å². The molecule has 0 fully saturated rings. The molecule has 0 aliphatic carbocycles. The first-order valence-corrected chi connectivity index (χ1v) is 8.70. The zero-order valence-electron chi connectivity index (χ0n) is 13.2. The maximum Gasteiger partial charge on any atom is 0.0931 e. The lowest BCUT2D eigenvalue weighted by molar-refractivity contribution is 0.505. The molecule has 2 aromatic rings. The van der Waals surface area contributed by atoms with Crippen molar-refractivity contribution in [1.82, 2.24) is 15.1 Å². The largest absolute Gasteiger partial charge is 0.309 e. The summed E-state index contributed by atoms with van der Waals surface area (Å²) in [4.78, 5) is 1.33. The smallest absolute Gasteiger partial charge is 0.0931 e. The van der Waals surface area contributed by atoms with Crippen LogP contribution >= 0.6 is 22.9 Å². The Morgan fingerprint density at radius 2 is 2.14 bits per heavy atom. The summed E-state index contributed by atoms with van der Waals surface area (Å²) >= 11 is 7.76. The summed E-state index contributed by atoms with van der Waals surface area (Å²) in [7, 11) is 2.01. The summed E-state index contributed by atoms with van der Waals surface area (Å²) in [6, 6.07) is 4.51. The van der Waals surface area contributed by atoms with Crippen LogP contribution in [0.15, 0.2) is 12.1 Å². The molecule has 0 amide bonds. The van der Waals surface area contributed by atoms with E-state index in [9.17, 15) is 0 Å². The highest BCUT2D eigenvalue weighted by molar-refractivity contribution is 7.16. The highest BCUT2D eigenvalue weighted by Crippen LogP contribution is 2.30. The van der Waals surface area contributed by atoms with Crippen LogP contribution in [0, 0.1) is 13.8 Å². The van der Waals surface area contributed by atoms with E-state index in [1.807, 2.05) is 17.8 Å². The van der Waals surface area contributed by atoms with E-state index in [1.165, 1.54) is 16.1 Å². The molecule has 5 heteroatoms. The van der Waals surface area contributed by atoms with Crippen molar-refractivity contribution in [1.29, 1.82) is 0 Å². The van der Waals surface area contributed by atoms with E-state index < -0.39 is 0 Å². The van der Waals surface area contributed by atoms with E-state index >= 15 is 0 Å². The Hall–Kier alpha value is -0.840. The molecule has 0 bridgehead atoms. The quantitative estimate of drug-likeness (QED) is 0.816. The second-order valence-electron chi connectivity index (χ2n) is 5.46. The predicted octanol–water partition coefficient (Wildman–Crippen LogP) is 4.43. The molecule has 2 aromatic heterocycles. The van der Waals surface area contributed by atoms with Crippen LogP contribution in [-0.4, -0.2) is 16.3 Å².